The van der Waals surface area contributed by atoms with E-state index in [0.29, 0.717) is 0 Å². The van der Waals surface area contributed by atoms with Gasteiger partial charge in [0, 0.05) is 25.5 Å². The topological polar surface area (TPSA) is 28.7 Å². The van der Waals surface area contributed by atoms with E-state index in [1.807, 2.05) is 6.20 Å². The van der Waals surface area contributed by atoms with Crippen LogP contribution < -0.4 is 0 Å². The Morgan fingerprint density at radius 3 is 2.61 bits per heavy atom. The number of nitrogens with zero attached hydrogens (tertiary/aromatic N) is 1. The molecule has 0 amide bonds. The molecule has 2 heteroatoms. The summed E-state index contributed by atoms with van der Waals surface area (Å²) in [5.74, 6) is 6.44. The zero-order valence-electron chi connectivity index (χ0n) is 10.5. The molecule has 18 heavy (non-hydrogen) atoms. The summed E-state index contributed by atoms with van der Waals surface area (Å²) in [6.45, 7) is 0. The van der Waals surface area contributed by atoms with E-state index in [0.717, 1.165) is 37.8 Å². The number of benzene rings is 1. The zero-order chi connectivity index (χ0) is 12.5. The lowest BCUT2D eigenvalue weighted by atomic mass is 10.1. The highest BCUT2D eigenvalue weighted by Gasteiger charge is 1.91. The molecular formula is C16H18N2. The normalized spacial score (nSPS) is 9.78. The van der Waals surface area contributed by atoms with E-state index < -0.39 is 0 Å². The van der Waals surface area contributed by atoms with Gasteiger partial charge in [0.1, 0.15) is 0 Å². The third-order valence-corrected chi connectivity index (χ3v) is 2.80. The molecule has 2 rings (SSSR count). The fraction of sp³-hybridized carbons (Fsp3) is 0.312. The number of aryl methyl sites for hydroxylation is 2. The van der Waals surface area contributed by atoms with Gasteiger partial charge in [-0.3, -0.25) is 0 Å². The SMILES string of the molecule is C(#CCCc1c[nH]cn1)CCCc1ccccc1. The number of rotatable bonds is 5. The summed E-state index contributed by atoms with van der Waals surface area (Å²) in [5, 5.41) is 0. The van der Waals surface area contributed by atoms with Gasteiger partial charge in [0.25, 0.3) is 0 Å². The molecule has 0 aliphatic carbocycles. The van der Waals surface area contributed by atoms with E-state index in [4.69, 9.17) is 0 Å². The molecule has 0 aliphatic heterocycles. The quantitative estimate of drug-likeness (QED) is 0.628. The van der Waals surface area contributed by atoms with Gasteiger partial charge in [-0.1, -0.05) is 30.3 Å². The van der Waals surface area contributed by atoms with Gasteiger partial charge in [0.2, 0.25) is 0 Å². The van der Waals surface area contributed by atoms with Gasteiger partial charge in [-0.15, -0.1) is 11.8 Å². The van der Waals surface area contributed by atoms with E-state index in [-0.39, 0.29) is 0 Å². The fourth-order valence-electron chi connectivity index (χ4n) is 1.82. The summed E-state index contributed by atoms with van der Waals surface area (Å²) < 4.78 is 0. The van der Waals surface area contributed by atoms with Crippen molar-refractivity contribution in [2.75, 3.05) is 0 Å². The van der Waals surface area contributed by atoms with E-state index in [1.165, 1.54) is 5.56 Å². The van der Waals surface area contributed by atoms with Crippen LogP contribution in [0.3, 0.4) is 0 Å². The predicted molar refractivity (Wildman–Crippen MR) is 74.1 cm³/mol. The summed E-state index contributed by atoms with van der Waals surface area (Å²) >= 11 is 0. The van der Waals surface area contributed by atoms with Gasteiger partial charge < -0.3 is 4.98 Å². The predicted octanol–water partition coefficient (Wildman–Crippen LogP) is 3.37. The summed E-state index contributed by atoms with van der Waals surface area (Å²) in [6.07, 6.45) is 8.72. The Morgan fingerprint density at radius 2 is 1.83 bits per heavy atom. The first-order chi connectivity index (χ1) is 8.95. The standard InChI is InChI=1S/C16H18N2/c1(3-8-12-16-13-17-14-18-16)2-5-9-15-10-6-4-7-11-15/h4,6-7,10-11,13-14H,2,5,8-9,12H2,(H,17,18). The second-order valence-corrected chi connectivity index (χ2v) is 4.25. The molecule has 0 aliphatic rings. The van der Waals surface area contributed by atoms with Crippen molar-refractivity contribution in [3.05, 3.63) is 54.1 Å². The molecule has 0 saturated carbocycles. The van der Waals surface area contributed by atoms with Crippen LogP contribution in [0, 0.1) is 11.8 Å². The average molecular weight is 238 g/mol. The molecule has 1 N–H and O–H groups in total. The summed E-state index contributed by atoms with van der Waals surface area (Å²) in [4.78, 5) is 7.12. The first-order valence-corrected chi connectivity index (χ1v) is 6.42. The maximum Gasteiger partial charge on any atom is 0.0923 e. The largest absolute Gasteiger partial charge is 0.351 e. The number of aromatic amines is 1. The number of hydrogen-bond acceptors (Lipinski definition) is 1. The van der Waals surface area contributed by atoms with Crippen molar-refractivity contribution in [1.29, 1.82) is 0 Å². The van der Waals surface area contributed by atoms with E-state index in [2.05, 4.69) is 52.1 Å². The molecule has 1 aromatic carbocycles. The van der Waals surface area contributed by atoms with Crippen LogP contribution in [-0.4, -0.2) is 9.97 Å². The Morgan fingerprint density at radius 1 is 1.00 bits per heavy atom. The highest BCUT2D eigenvalue weighted by Crippen LogP contribution is 2.03. The molecule has 0 spiro atoms. The molecule has 0 atom stereocenters. The number of unbranched alkanes of at least 4 members (excludes halogenated alkanes) is 1. The molecule has 0 unspecified atom stereocenters. The number of imidazole rings is 1. The third-order valence-electron chi connectivity index (χ3n) is 2.80. The average Bonchev–Trinajstić information content (AvgIpc) is 2.92. The Balaban J connectivity index is 1.58. The van der Waals surface area contributed by atoms with Crippen molar-refractivity contribution in [3.63, 3.8) is 0 Å². The molecule has 2 aromatic rings. The zero-order valence-corrected chi connectivity index (χ0v) is 10.5. The minimum absolute atomic E-state index is 0.899. The maximum absolute atomic E-state index is 4.17. The van der Waals surface area contributed by atoms with Crippen molar-refractivity contribution in [3.8, 4) is 11.8 Å². The van der Waals surface area contributed by atoms with Gasteiger partial charge in [-0.2, -0.15) is 0 Å². The van der Waals surface area contributed by atoms with Crippen LogP contribution in [0.2, 0.25) is 0 Å². The molecule has 0 radical (unpaired) electrons. The Bertz CT molecular complexity index is 489. The smallest absolute Gasteiger partial charge is 0.0923 e. The number of nitrogens with one attached hydrogen (secondary N) is 1. The van der Waals surface area contributed by atoms with Crippen molar-refractivity contribution in [1.82, 2.24) is 9.97 Å². The lowest BCUT2D eigenvalue weighted by Gasteiger charge is -1.96. The lowest BCUT2D eigenvalue weighted by molar-refractivity contribution is 0.856. The van der Waals surface area contributed by atoms with Crippen LogP contribution in [-0.2, 0) is 12.8 Å². The van der Waals surface area contributed by atoms with Crippen LogP contribution in [0.25, 0.3) is 0 Å². The first kappa shape index (κ1) is 12.4. The molecule has 0 bridgehead atoms. The van der Waals surface area contributed by atoms with Crippen molar-refractivity contribution in [2.24, 2.45) is 0 Å². The van der Waals surface area contributed by atoms with Crippen molar-refractivity contribution in [2.45, 2.75) is 32.1 Å². The van der Waals surface area contributed by atoms with E-state index in [1.54, 1.807) is 6.33 Å². The minimum Gasteiger partial charge on any atom is -0.351 e. The Hall–Kier alpha value is -2.01. The van der Waals surface area contributed by atoms with Crippen LogP contribution in [0.1, 0.15) is 30.5 Å². The number of hydrogen-bond donors (Lipinski definition) is 1. The van der Waals surface area contributed by atoms with E-state index >= 15 is 0 Å². The van der Waals surface area contributed by atoms with Crippen molar-refractivity contribution >= 4 is 0 Å². The summed E-state index contributed by atoms with van der Waals surface area (Å²) in [6, 6.07) is 10.6. The Kier molecular flexibility index (Phi) is 5.08. The molecule has 1 heterocycles. The molecule has 0 fully saturated rings. The lowest BCUT2D eigenvalue weighted by Crippen LogP contribution is -1.84. The molecule has 2 nitrogen and oxygen atoms in total. The van der Waals surface area contributed by atoms with Gasteiger partial charge in [-0.25, -0.2) is 4.98 Å². The van der Waals surface area contributed by atoms with Crippen molar-refractivity contribution < 1.29 is 0 Å². The highest BCUT2D eigenvalue weighted by atomic mass is 14.9. The van der Waals surface area contributed by atoms with Gasteiger partial charge in [-0.05, 0) is 18.4 Å². The summed E-state index contributed by atoms with van der Waals surface area (Å²) in [7, 11) is 0. The third kappa shape index (κ3) is 4.47. The molecule has 1 aromatic heterocycles. The van der Waals surface area contributed by atoms with Crippen LogP contribution in [0.15, 0.2) is 42.9 Å². The van der Waals surface area contributed by atoms with Crippen LogP contribution in [0.5, 0.6) is 0 Å². The van der Waals surface area contributed by atoms with E-state index in [9.17, 15) is 0 Å². The Labute approximate surface area is 108 Å². The van der Waals surface area contributed by atoms with Crippen LogP contribution >= 0.6 is 0 Å². The number of aromatic nitrogens is 2. The molecule has 0 saturated heterocycles. The first-order valence-electron chi connectivity index (χ1n) is 6.42. The van der Waals surface area contributed by atoms with Gasteiger partial charge >= 0.3 is 0 Å². The summed E-state index contributed by atoms with van der Waals surface area (Å²) in [5.41, 5.74) is 2.49. The van der Waals surface area contributed by atoms with Crippen LogP contribution in [0.4, 0.5) is 0 Å². The van der Waals surface area contributed by atoms with Gasteiger partial charge in [0.05, 0.1) is 12.0 Å². The monoisotopic (exact) mass is 238 g/mol. The highest BCUT2D eigenvalue weighted by molar-refractivity contribution is 5.15. The fourth-order valence-corrected chi connectivity index (χ4v) is 1.82. The minimum atomic E-state index is 0.899. The maximum atomic E-state index is 4.17. The molecular weight excluding hydrogens is 220 g/mol. The molecule has 92 valence electrons. The number of H-pyrrole nitrogens is 1. The second kappa shape index (κ2) is 7.34. The van der Waals surface area contributed by atoms with Gasteiger partial charge in [0.15, 0.2) is 0 Å². The second-order valence-electron chi connectivity index (χ2n) is 4.25.